The summed E-state index contributed by atoms with van der Waals surface area (Å²) in [6.45, 7) is 1.37. The summed E-state index contributed by atoms with van der Waals surface area (Å²) in [7, 11) is 0. The third-order valence-corrected chi connectivity index (χ3v) is 2.42. The number of hydrogen-bond acceptors (Lipinski definition) is 7. The number of aromatic carboxylic acids is 1. The van der Waals surface area contributed by atoms with Crippen LogP contribution in [0.15, 0.2) is 10.6 Å². The highest BCUT2D eigenvalue weighted by molar-refractivity contribution is 5.90. The fourth-order valence-electron chi connectivity index (χ4n) is 1.57. The van der Waals surface area contributed by atoms with Crippen LogP contribution in [0, 0.1) is 6.92 Å². The quantitative estimate of drug-likeness (QED) is 0.655. The Labute approximate surface area is 112 Å². The molecule has 0 atom stereocenters. The highest BCUT2D eigenvalue weighted by Gasteiger charge is 2.19. The first kappa shape index (κ1) is 13.7. The van der Waals surface area contributed by atoms with Crippen LogP contribution in [0.3, 0.4) is 0 Å². The van der Waals surface area contributed by atoms with E-state index >= 15 is 0 Å². The summed E-state index contributed by atoms with van der Waals surface area (Å²) < 4.78 is 5.93. The minimum Gasteiger partial charge on any atom is -0.476 e. The van der Waals surface area contributed by atoms with Gasteiger partial charge >= 0.3 is 5.97 Å². The lowest BCUT2D eigenvalue weighted by molar-refractivity contribution is -0.117. The van der Waals surface area contributed by atoms with Crippen molar-refractivity contribution in [2.75, 3.05) is 5.32 Å². The zero-order valence-corrected chi connectivity index (χ0v) is 10.5. The first-order valence-corrected chi connectivity index (χ1v) is 5.60. The van der Waals surface area contributed by atoms with Crippen LogP contribution in [0.5, 0.6) is 0 Å². The molecular weight excluding hydrogens is 268 g/mol. The normalized spacial score (nSPS) is 10.5. The van der Waals surface area contributed by atoms with E-state index in [1.807, 2.05) is 0 Å². The molecule has 2 aromatic rings. The fraction of sp³-hybridized carbons (Fsp3) is 0.300. The molecule has 0 bridgehead atoms. The van der Waals surface area contributed by atoms with Gasteiger partial charge in [-0.3, -0.25) is 4.79 Å². The van der Waals surface area contributed by atoms with Gasteiger partial charge in [-0.15, -0.1) is 5.10 Å². The number of aryl methyl sites for hydroxylation is 1. The van der Waals surface area contributed by atoms with Crippen molar-refractivity contribution in [1.29, 1.82) is 0 Å². The van der Waals surface area contributed by atoms with Crippen molar-refractivity contribution in [3.63, 3.8) is 0 Å². The Morgan fingerprint density at radius 2 is 2.30 bits per heavy atom. The van der Waals surface area contributed by atoms with Gasteiger partial charge in [-0.05, 0) is 6.92 Å². The second-order valence-electron chi connectivity index (χ2n) is 3.92. The van der Waals surface area contributed by atoms with Crippen LogP contribution in [0.25, 0.3) is 0 Å². The molecule has 1 amide bonds. The average molecular weight is 280 g/mol. The zero-order valence-electron chi connectivity index (χ0n) is 10.5. The van der Waals surface area contributed by atoms with E-state index in [2.05, 4.69) is 20.8 Å². The molecule has 0 aliphatic heterocycles. The maximum Gasteiger partial charge on any atom is 0.358 e. The van der Waals surface area contributed by atoms with Crippen LogP contribution in [0.4, 0.5) is 5.82 Å². The summed E-state index contributed by atoms with van der Waals surface area (Å²) in [6.07, 6.45) is 0. The van der Waals surface area contributed by atoms with E-state index in [9.17, 15) is 9.59 Å². The molecule has 106 valence electrons. The molecule has 20 heavy (non-hydrogen) atoms. The van der Waals surface area contributed by atoms with Crippen molar-refractivity contribution in [2.24, 2.45) is 5.73 Å². The van der Waals surface area contributed by atoms with Crippen molar-refractivity contribution >= 4 is 17.7 Å². The molecule has 0 spiro atoms. The number of anilines is 1. The Morgan fingerprint density at radius 1 is 1.55 bits per heavy atom. The summed E-state index contributed by atoms with van der Waals surface area (Å²) >= 11 is 0. The van der Waals surface area contributed by atoms with Crippen LogP contribution >= 0.6 is 0 Å². The Balaban J connectivity index is 2.10. The Hall–Kier alpha value is -2.75. The van der Waals surface area contributed by atoms with E-state index in [1.54, 1.807) is 13.0 Å². The Morgan fingerprint density at radius 3 is 2.85 bits per heavy atom. The molecule has 10 heteroatoms. The number of rotatable bonds is 5. The topological polar surface area (TPSA) is 149 Å². The molecule has 2 rings (SSSR count). The molecular formula is C10H12N6O4. The molecule has 0 radical (unpaired) electrons. The molecule has 2 aromatic heterocycles. The molecule has 0 unspecified atom stereocenters. The van der Waals surface area contributed by atoms with Gasteiger partial charge in [0, 0.05) is 12.6 Å². The largest absolute Gasteiger partial charge is 0.476 e. The molecule has 0 saturated heterocycles. The summed E-state index contributed by atoms with van der Waals surface area (Å²) in [5.41, 5.74) is 5.35. The van der Waals surface area contributed by atoms with Gasteiger partial charge in [0.1, 0.15) is 12.3 Å². The first-order chi connectivity index (χ1) is 9.51. The highest BCUT2D eigenvalue weighted by Crippen LogP contribution is 2.08. The lowest BCUT2D eigenvalue weighted by Gasteiger charge is -2.04. The second-order valence-corrected chi connectivity index (χ2v) is 3.92. The van der Waals surface area contributed by atoms with Crippen molar-refractivity contribution in [3.8, 4) is 0 Å². The van der Waals surface area contributed by atoms with Crippen LogP contribution < -0.4 is 11.1 Å². The molecule has 0 saturated carbocycles. The number of carboxylic acids is 1. The standard InChI is InChI=1S/C10H12N6O4/c1-5-2-7(14-20-5)12-8(17)4-16-6(3-11)9(10(18)19)13-15-16/h2H,3-4,11H2,1H3,(H,18,19)(H,12,14,17). The number of amides is 1. The van der Waals surface area contributed by atoms with Gasteiger partial charge in [0.25, 0.3) is 0 Å². The number of hydrogen-bond donors (Lipinski definition) is 3. The zero-order chi connectivity index (χ0) is 14.7. The van der Waals surface area contributed by atoms with Gasteiger partial charge in [-0.25, -0.2) is 9.48 Å². The van der Waals surface area contributed by atoms with Gasteiger partial charge < -0.3 is 20.7 Å². The molecule has 0 aromatic carbocycles. The van der Waals surface area contributed by atoms with E-state index in [4.69, 9.17) is 15.4 Å². The first-order valence-electron chi connectivity index (χ1n) is 5.60. The predicted molar refractivity (Wildman–Crippen MR) is 64.7 cm³/mol. The number of carbonyl (C=O) groups excluding carboxylic acids is 1. The number of aromatic nitrogens is 4. The number of nitrogens with two attached hydrogens (primary N) is 1. The van der Waals surface area contributed by atoms with Crippen molar-refractivity contribution in [1.82, 2.24) is 20.2 Å². The van der Waals surface area contributed by atoms with Gasteiger partial charge in [0.05, 0.1) is 5.69 Å². The van der Waals surface area contributed by atoms with Crippen LogP contribution in [-0.4, -0.2) is 37.1 Å². The number of nitrogens with zero attached hydrogens (tertiary/aromatic N) is 4. The Bertz CT molecular complexity index is 646. The lowest BCUT2D eigenvalue weighted by Crippen LogP contribution is -2.22. The number of carboxylic acid groups (broad SMARTS) is 1. The van der Waals surface area contributed by atoms with Gasteiger partial charge in [0.15, 0.2) is 11.5 Å². The van der Waals surface area contributed by atoms with Crippen molar-refractivity contribution in [3.05, 3.63) is 23.2 Å². The minimum absolute atomic E-state index is 0.0923. The van der Waals surface area contributed by atoms with E-state index in [1.165, 1.54) is 0 Å². The van der Waals surface area contributed by atoms with Gasteiger partial charge in [-0.1, -0.05) is 10.4 Å². The fourth-order valence-corrected chi connectivity index (χ4v) is 1.57. The molecule has 0 aliphatic carbocycles. The molecule has 0 aliphatic rings. The predicted octanol–water partition coefficient (Wildman–Crippen LogP) is -0.630. The summed E-state index contributed by atoms with van der Waals surface area (Å²) in [5, 5.41) is 22.0. The number of carbonyl (C=O) groups is 2. The van der Waals surface area contributed by atoms with Crippen molar-refractivity contribution in [2.45, 2.75) is 20.0 Å². The SMILES string of the molecule is Cc1cc(NC(=O)Cn2nnc(C(=O)O)c2CN)no1. The second kappa shape index (κ2) is 5.48. The minimum atomic E-state index is -1.25. The van der Waals surface area contributed by atoms with Crippen LogP contribution in [-0.2, 0) is 17.9 Å². The van der Waals surface area contributed by atoms with Gasteiger partial charge in [0.2, 0.25) is 5.91 Å². The van der Waals surface area contributed by atoms with E-state index in [-0.39, 0.29) is 30.3 Å². The maximum atomic E-state index is 11.8. The molecule has 0 fully saturated rings. The average Bonchev–Trinajstić information content (AvgIpc) is 2.95. The highest BCUT2D eigenvalue weighted by atomic mass is 16.5. The van der Waals surface area contributed by atoms with Crippen LogP contribution in [0.2, 0.25) is 0 Å². The summed E-state index contributed by atoms with van der Waals surface area (Å²) in [6, 6.07) is 1.55. The Kier molecular flexibility index (Phi) is 3.75. The molecule has 2 heterocycles. The molecule has 10 nitrogen and oxygen atoms in total. The lowest BCUT2D eigenvalue weighted by atomic mass is 10.3. The smallest absolute Gasteiger partial charge is 0.358 e. The van der Waals surface area contributed by atoms with Crippen molar-refractivity contribution < 1.29 is 19.2 Å². The third kappa shape index (κ3) is 2.80. The monoisotopic (exact) mass is 280 g/mol. The van der Waals surface area contributed by atoms with Crippen LogP contribution in [0.1, 0.15) is 21.9 Å². The summed E-state index contributed by atoms with van der Waals surface area (Å²) in [4.78, 5) is 22.6. The third-order valence-electron chi connectivity index (χ3n) is 2.42. The van der Waals surface area contributed by atoms with Gasteiger partial charge in [-0.2, -0.15) is 0 Å². The maximum absolute atomic E-state index is 11.8. The summed E-state index contributed by atoms with van der Waals surface area (Å²) in [5.74, 6) is -0.878. The number of nitrogens with one attached hydrogen (secondary N) is 1. The van der Waals surface area contributed by atoms with E-state index < -0.39 is 11.9 Å². The molecule has 4 N–H and O–H groups in total. The van der Waals surface area contributed by atoms with E-state index in [0.29, 0.717) is 5.76 Å². The van der Waals surface area contributed by atoms with E-state index in [0.717, 1.165) is 4.68 Å².